The summed E-state index contributed by atoms with van der Waals surface area (Å²) < 4.78 is 6.81. The van der Waals surface area contributed by atoms with Crippen LogP contribution < -0.4 is 17.0 Å². The summed E-state index contributed by atoms with van der Waals surface area (Å²) in [6.07, 6.45) is -2.62. The quantitative estimate of drug-likeness (QED) is 0.333. The molecule has 11 nitrogen and oxygen atoms in total. The molecule has 3 rings (SSSR count). The van der Waals surface area contributed by atoms with Crippen LogP contribution in [0.15, 0.2) is 11.1 Å². The van der Waals surface area contributed by atoms with Gasteiger partial charge in [-0.2, -0.15) is 4.98 Å². The van der Waals surface area contributed by atoms with Crippen LogP contribution in [-0.4, -0.2) is 66.3 Å². The number of aromatic amines is 1. The molecule has 2 aromatic heterocycles. The number of aliphatic hydroxyl groups is 3. The second kappa shape index (κ2) is 5.00. The molecule has 8 N–H and O–H groups in total. The number of fused-ring (bicyclic) bond motifs is 1. The molecule has 0 aliphatic carbocycles. The van der Waals surface area contributed by atoms with Crippen LogP contribution >= 0.6 is 0 Å². The van der Waals surface area contributed by atoms with Crippen LogP contribution in [0, 0.1) is 0 Å². The predicted molar refractivity (Wildman–Crippen MR) is 73.6 cm³/mol. The Morgan fingerprint density at radius 2 is 2.23 bits per heavy atom. The highest BCUT2D eigenvalue weighted by Gasteiger charge is 2.55. The summed E-state index contributed by atoms with van der Waals surface area (Å²) in [6, 6.07) is 0. The van der Waals surface area contributed by atoms with Crippen LogP contribution in [0.5, 0.6) is 0 Å². The number of aliphatic hydroxyl groups excluding tert-OH is 3. The number of nitrogens with two attached hydrogens (primary N) is 2. The zero-order chi connectivity index (χ0) is 16.1. The van der Waals surface area contributed by atoms with E-state index in [2.05, 4.69) is 15.0 Å². The topological polar surface area (TPSA) is 186 Å². The Morgan fingerprint density at radius 1 is 1.50 bits per heavy atom. The van der Waals surface area contributed by atoms with Crippen molar-refractivity contribution < 1.29 is 20.1 Å². The number of hydrogen-bond acceptors (Lipinski definition) is 9. The third-order valence-electron chi connectivity index (χ3n) is 3.83. The van der Waals surface area contributed by atoms with E-state index in [1.807, 2.05) is 0 Å². The summed E-state index contributed by atoms with van der Waals surface area (Å²) >= 11 is 0. The second-order valence-electron chi connectivity index (χ2n) is 5.06. The molecule has 22 heavy (non-hydrogen) atoms. The molecule has 0 unspecified atom stereocenters. The molecule has 1 aliphatic heterocycles. The van der Waals surface area contributed by atoms with Gasteiger partial charge in [-0.05, 0) is 0 Å². The van der Waals surface area contributed by atoms with Crippen LogP contribution in [0.2, 0.25) is 0 Å². The molecule has 0 aromatic carbocycles. The van der Waals surface area contributed by atoms with E-state index in [9.17, 15) is 20.1 Å². The molecule has 4 atom stereocenters. The third-order valence-corrected chi connectivity index (χ3v) is 3.83. The molecule has 1 aliphatic rings. The van der Waals surface area contributed by atoms with Crippen molar-refractivity contribution in [3.05, 3.63) is 16.7 Å². The van der Waals surface area contributed by atoms with E-state index in [1.54, 1.807) is 0 Å². The summed E-state index contributed by atoms with van der Waals surface area (Å²) in [5, 5.41) is 29.5. The van der Waals surface area contributed by atoms with Crippen molar-refractivity contribution in [1.82, 2.24) is 19.5 Å². The molecular weight excluding hydrogens is 296 g/mol. The lowest BCUT2D eigenvalue weighted by Gasteiger charge is -2.32. The molecule has 120 valence electrons. The van der Waals surface area contributed by atoms with E-state index in [1.165, 1.54) is 10.9 Å². The second-order valence-corrected chi connectivity index (χ2v) is 5.06. The zero-order valence-corrected chi connectivity index (χ0v) is 11.4. The van der Waals surface area contributed by atoms with E-state index in [4.69, 9.17) is 16.2 Å². The zero-order valence-electron chi connectivity index (χ0n) is 11.4. The molecule has 11 heteroatoms. The lowest BCUT2D eigenvalue weighted by Crippen LogP contribution is -2.51. The maximum absolute atomic E-state index is 11.8. The molecular formula is C11H16N6O5. The van der Waals surface area contributed by atoms with Crippen molar-refractivity contribution >= 4 is 17.1 Å². The van der Waals surface area contributed by atoms with Crippen molar-refractivity contribution in [2.24, 2.45) is 5.73 Å². The first-order valence-electron chi connectivity index (χ1n) is 6.53. The van der Waals surface area contributed by atoms with Crippen molar-refractivity contribution in [3.63, 3.8) is 0 Å². The van der Waals surface area contributed by atoms with Gasteiger partial charge in [0.1, 0.15) is 18.3 Å². The first kappa shape index (κ1) is 14.9. The molecule has 0 radical (unpaired) electrons. The molecule has 0 bridgehead atoms. The third kappa shape index (κ3) is 1.84. The number of ether oxygens (including phenoxy) is 1. The number of nitrogen functional groups attached to an aromatic ring is 1. The van der Waals surface area contributed by atoms with E-state index < -0.39 is 36.2 Å². The normalized spacial score (nSPS) is 31.9. The van der Waals surface area contributed by atoms with E-state index in [0.717, 1.165) is 0 Å². The Hall–Kier alpha value is -2.05. The monoisotopic (exact) mass is 312 g/mol. The number of aromatic nitrogens is 4. The Morgan fingerprint density at radius 3 is 2.82 bits per heavy atom. The standard InChI is InChI=1S/C11H16N6O5/c12-2-11(7(20)6(19)4(1-18)22-11)17-3-14-5-8(17)15-10(13)16-9(5)21/h3-4,6-7,18-20H,1-2,12H2,(H3,13,15,16,21)/t4-,6-,7-,11-/m1/s1. The summed E-state index contributed by atoms with van der Waals surface area (Å²) in [5.41, 5.74) is 9.11. The van der Waals surface area contributed by atoms with Crippen molar-refractivity contribution in [2.45, 2.75) is 24.0 Å². The van der Waals surface area contributed by atoms with Crippen LogP contribution in [0.1, 0.15) is 0 Å². The average molecular weight is 312 g/mol. The van der Waals surface area contributed by atoms with Gasteiger partial charge >= 0.3 is 0 Å². The van der Waals surface area contributed by atoms with Gasteiger partial charge in [-0.1, -0.05) is 0 Å². The Labute approximate surface area is 123 Å². The minimum Gasteiger partial charge on any atom is -0.394 e. The lowest BCUT2D eigenvalue weighted by atomic mass is 10.0. The molecule has 0 amide bonds. The fourth-order valence-corrected chi connectivity index (χ4v) is 2.69. The number of nitrogens with zero attached hydrogens (tertiary/aromatic N) is 3. The Kier molecular flexibility index (Phi) is 3.38. The fraction of sp³-hybridized carbons (Fsp3) is 0.545. The number of nitrogens with one attached hydrogen (secondary N) is 1. The minimum atomic E-state index is -1.62. The summed E-state index contributed by atoms with van der Waals surface area (Å²) in [6.45, 7) is -0.760. The Balaban J connectivity index is 2.22. The van der Waals surface area contributed by atoms with Gasteiger partial charge < -0.3 is 31.5 Å². The highest BCUT2D eigenvalue weighted by atomic mass is 16.6. The molecule has 1 fully saturated rings. The first-order valence-corrected chi connectivity index (χ1v) is 6.53. The van der Waals surface area contributed by atoms with E-state index in [-0.39, 0.29) is 23.7 Å². The summed E-state index contributed by atoms with van der Waals surface area (Å²) in [4.78, 5) is 22.0. The summed E-state index contributed by atoms with van der Waals surface area (Å²) in [7, 11) is 0. The predicted octanol–water partition coefficient (Wildman–Crippen LogP) is -3.57. The van der Waals surface area contributed by atoms with Gasteiger partial charge in [-0.3, -0.25) is 14.3 Å². The number of rotatable bonds is 3. The Bertz CT molecular complexity index is 759. The molecule has 2 aromatic rings. The van der Waals surface area contributed by atoms with Crippen LogP contribution in [0.4, 0.5) is 5.95 Å². The number of anilines is 1. The van der Waals surface area contributed by atoms with Crippen molar-refractivity contribution in [3.8, 4) is 0 Å². The number of imidazole rings is 1. The highest BCUT2D eigenvalue weighted by Crippen LogP contribution is 2.36. The average Bonchev–Trinajstić information content (AvgIpc) is 3.01. The first-order chi connectivity index (χ1) is 10.4. The minimum absolute atomic E-state index is 0.0141. The van der Waals surface area contributed by atoms with Gasteiger partial charge in [0, 0.05) is 6.54 Å². The number of hydrogen-bond donors (Lipinski definition) is 6. The van der Waals surface area contributed by atoms with Gasteiger partial charge in [-0.15, -0.1) is 0 Å². The van der Waals surface area contributed by atoms with Gasteiger partial charge in [0.2, 0.25) is 5.95 Å². The van der Waals surface area contributed by atoms with Crippen LogP contribution in [0.25, 0.3) is 11.2 Å². The highest BCUT2D eigenvalue weighted by molar-refractivity contribution is 5.70. The molecule has 0 saturated carbocycles. The SMILES string of the molecule is NC[C@@]1(n2cnc3c(=O)[nH]c(N)nc32)O[C@H](CO)[C@@H](O)[C@H]1O. The molecule has 0 spiro atoms. The van der Waals surface area contributed by atoms with Crippen molar-refractivity contribution in [1.29, 1.82) is 0 Å². The summed E-state index contributed by atoms with van der Waals surface area (Å²) in [5.74, 6) is -0.141. The van der Waals surface area contributed by atoms with Crippen LogP contribution in [-0.2, 0) is 10.5 Å². The smallest absolute Gasteiger partial charge is 0.280 e. The van der Waals surface area contributed by atoms with E-state index >= 15 is 0 Å². The molecule has 1 saturated heterocycles. The van der Waals surface area contributed by atoms with Gasteiger partial charge in [0.25, 0.3) is 5.56 Å². The fourth-order valence-electron chi connectivity index (χ4n) is 2.69. The molecule has 3 heterocycles. The lowest BCUT2D eigenvalue weighted by molar-refractivity contribution is -0.138. The van der Waals surface area contributed by atoms with Gasteiger partial charge in [-0.25, -0.2) is 4.98 Å². The van der Waals surface area contributed by atoms with Gasteiger partial charge in [0.15, 0.2) is 16.9 Å². The van der Waals surface area contributed by atoms with Crippen molar-refractivity contribution in [2.75, 3.05) is 18.9 Å². The van der Waals surface area contributed by atoms with Crippen LogP contribution in [0.3, 0.4) is 0 Å². The maximum Gasteiger partial charge on any atom is 0.280 e. The number of H-pyrrole nitrogens is 1. The van der Waals surface area contributed by atoms with E-state index in [0.29, 0.717) is 0 Å². The largest absolute Gasteiger partial charge is 0.394 e. The van der Waals surface area contributed by atoms with Gasteiger partial charge in [0.05, 0.1) is 12.9 Å². The maximum atomic E-state index is 11.8.